The van der Waals surface area contributed by atoms with Gasteiger partial charge in [0.1, 0.15) is 0 Å². The molecule has 2 nitrogen and oxygen atoms in total. The number of rotatable bonds is 3. The number of hydrogen-bond acceptors (Lipinski definition) is 2. The highest BCUT2D eigenvalue weighted by Crippen LogP contribution is 2.27. The quantitative estimate of drug-likeness (QED) is 0.676. The molecule has 0 saturated heterocycles. The molecule has 1 rings (SSSR count). The lowest BCUT2D eigenvalue weighted by Crippen LogP contribution is -2.04. The third kappa shape index (κ3) is 2.06. The number of alkyl halides is 3. The van der Waals surface area contributed by atoms with Crippen LogP contribution in [0, 0.1) is 5.95 Å². The molecule has 0 atom stereocenters. The second-order valence-corrected chi connectivity index (χ2v) is 3.11. The first kappa shape index (κ1) is 11.5. The van der Waals surface area contributed by atoms with E-state index >= 15 is 0 Å². The molecule has 0 fully saturated rings. The standard InChI is InChI=1S/C8H7BrF3NO/c9-1-4-5(7(10)11)2-13-8(12)6(4)3-14/h2,7,14H,1,3H2. The van der Waals surface area contributed by atoms with E-state index < -0.39 is 19.0 Å². The van der Waals surface area contributed by atoms with Crippen molar-refractivity contribution in [2.45, 2.75) is 18.4 Å². The maximum absolute atomic E-state index is 12.9. The van der Waals surface area contributed by atoms with E-state index in [0.717, 1.165) is 6.20 Å². The van der Waals surface area contributed by atoms with Crippen molar-refractivity contribution in [1.29, 1.82) is 0 Å². The van der Waals surface area contributed by atoms with E-state index in [1.54, 1.807) is 0 Å². The van der Waals surface area contributed by atoms with Crippen molar-refractivity contribution in [2.24, 2.45) is 0 Å². The molecule has 0 aliphatic rings. The molecule has 0 saturated carbocycles. The summed E-state index contributed by atoms with van der Waals surface area (Å²) in [4.78, 5) is 3.15. The summed E-state index contributed by atoms with van der Waals surface area (Å²) in [6.45, 7) is -0.639. The van der Waals surface area contributed by atoms with Crippen molar-refractivity contribution in [3.05, 3.63) is 28.8 Å². The molecule has 1 heterocycles. The largest absolute Gasteiger partial charge is 0.391 e. The van der Waals surface area contributed by atoms with Crippen molar-refractivity contribution in [2.75, 3.05) is 0 Å². The van der Waals surface area contributed by atoms with Crippen LogP contribution in [0.1, 0.15) is 23.1 Å². The van der Waals surface area contributed by atoms with Gasteiger partial charge >= 0.3 is 0 Å². The molecule has 0 aliphatic carbocycles. The van der Waals surface area contributed by atoms with Crippen LogP contribution < -0.4 is 0 Å². The summed E-state index contributed by atoms with van der Waals surface area (Å²) in [7, 11) is 0. The number of aromatic nitrogens is 1. The van der Waals surface area contributed by atoms with Gasteiger partial charge in [0.2, 0.25) is 5.95 Å². The molecule has 0 bridgehead atoms. The summed E-state index contributed by atoms with van der Waals surface area (Å²) in [5, 5.41) is 8.85. The van der Waals surface area contributed by atoms with E-state index in [9.17, 15) is 13.2 Å². The van der Waals surface area contributed by atoms with Gasteiger partial charge in [0.15, 0.2) is 0 Å². The van der Waals surface area contributed by atoms with Gasteiger partial charge in [0.25, 0.3) is 6.43 Å². The van der Waals surface area contributed by atoms with Crippen LogP contribution in [0.5, 0.6) is 0 Å². The Hall–Kier alpha value is -0.620. The molecule has 1 N–H and O–H groups in total. The highest BCUT2D eigenvalue weighted by atomic mass is 79.9. The van der Waals surface area contributed by atoms with Crippen molar-refractivity contribution in [3.8, 4) is 0 Å². The molecule has 0 unspecified atom stereocenters. The zero-order valence-corrected chi connectivity index (χ0v) is 8.56. The second-order valence-electron chi connectivity index (χ2n) is 2.55. The van der Waals surface area contributed by atoms with Gasteiger partial charge in [-0.2, -0.15) is 4.39 Å². The predicted molar refractivity (Wildman–Crippen MR) is 47.7 cm³/mol. The second kappa shape index (κ2) is 4.75. The average molecular weight is 270 g/mol. The van der Waals surface area contributed by atoms with Crippen LogP contribution in [-0.4, -0.2) is 10.1 Å². The fourth-order valence-corrected chi connectivity index (χ4v) is 1.75. The summed E-state index contributed by atoms with van der Waals surface area (Å²) < 4.78 is 37.7. The van der Waals surface area contributed by atoms with Crippen LogP contribution in [0.2, 0.25) is 0 Å². The van der Waals surface area contributed by atoms with Crippen molar-refractivity contribution in [3.63, 3.8) is 0 Å². The number of halogens is 4. The van der Waals surface area contributed by atoms with Crippen LogP contribution in [-0.2, 0) is 11.9 Å². The van der Waals surface area contributed by atoms with Crippen molar-refractivity contribution < 1.29 is 18.3 Å². The third-order valence-electron chi connectivity index (χ3n) is 1.81. The molecule has 0 aromatic carbocycles. The summed E-state index contributed by atoms with van der Waals surface area (Å²) in [6, 6.07) is 0. The predicted octanol–water partition coefficient (Wildman–Crippen LogP) is 2.55. The van der Waals surface area contributed by atoms with Crippen LogP contribution >= 0.6 is 15.9 Å². The Morgan fingerprint density at radius 1 is 1.43 bits per heavy atom. The van der Waals surface area contributed by atoms with Gasteiger partial charge in [-0.3, -0.25) is 0 Å². The first-order valence-electron chi connectivity index (χ1n) is 3.73. The lowest BCUT2D eigenvalue weighted by Gasteiger charge is -2.10. The van der Waals surface area contributed by atoms with E-state index in [0.29, 0.717) is 0 Å². The smallest absolute Gasteiger partial charge is 0.265 e. The Kier molecular flexibility index (Phi) is 3.88. The van der Waals surface area contributed by atoms with Gasteiger partial charge < -0.3 is 5.11 Å². The summed E-state index contributed by atoms with van der Waals surface area (Å²) in [6.07, 6.45) is -1.93. The summed E-state index contributed by atoms with van der Waals surface area (Å²) in [5.41, 5.74) is -0.470. The van der Waals surface area contributed by atoms with Gasteiger partial charge in [-0.15, -0.1) is 0 Å². The van der Waals surface area contributed by atoms with Crippen LogP contribution in [0.25, 0.3) is 0 Å². The Balaban J connectivity index is 3.33. The molecule has 1 aromatic heterocycles. The molecule has 0 spiro atoms. The van der Waals surface area contributed by atoms with Crippen molar-refractivity contribution >= 4 is 15.9 Å². The van der Waals surface area contributed by atoms with E-state index in [2.05, 4.69) is 20.9 Å². The van der Waals surface area contributed by atoms with Crippen LogP contribution in [0.4, 0.5) is 13.2 Å². The van der Waals surface area contributed by atoms with Gasteiger partial charge in [-0.05, 0) is 5.56 Å². The SMILES string of the molecule is OCc1c(F)ncc(C(F)F)c1CBr. The highest BCUT2D eigenvalue weighted by molar-refractivity contribution is 9.08. The molecular formula is C8H7BrF3NO. The minimum absolute atomic E-state index is 0.0575. The lowest BCUT2D eigenvalue weighted by molar-refractivity contribution is 0.149. The molecule has 0 aliphatic heterocycles. The van der Waals surface area contributed by atoms with E-state index in [1.165, 1.54) is 0 Å². The fourth-order valence-electron chi connectivity index (χ4n) is 1.09. The molecule has 6 heteroatoms. The fraction of sp³-hybridized carbons (Fsp3) is 0.375. The number of nitrogens with zero attached hydrogens (tertiary/aromatic N) is 1. The van der Waals surface area contributed by atoms with Gasteiger partial charge in [-0.25, -0.2) is 13.8 Å². The first-order valence-corrected chi connectivity index (χ1v) is 4.85. The summed E-state index contributed by atoms with van der Waals surface area (Å²) in [5.74, 6) is -0.911. The first-order chi connectivity index (χ1) is 6.61. The van der Waals surface area contributed by atoms with E-state index in [-0.39, 0.29) is 22.0 Å². The molecule has 78 valence electrons. The minimum Gasteiger partial charge on any atom is -0.391 e. The van der Waals surface area contributed by atoms with Crippen LogP contribution in [0.3, 0.4) is 0 Å². The molecule has 0 amide bonds. The van der Waals surface area contributed by atoms with Gasteiger partial charge in [0, 0.05) is 22.7 Å². The number of aliphatic hydroxyl groups is 1. The topological polar surface area (TPSA) is 33.1 Å². The molecular weight excluding hydrogens is 263 g/mol. The normalized spacial score (nSPS) is 11.0. The molecule has 0 radical (unpaired) electrons. The van der Waals surface area contributed by atoms with E-state index in [1.807, 2.05) is 0 Å². The van der Waals surface area contributed by atoms with Gasteiger partial charge in [0.05, 0.1) is 6.61 Å². The Morgan fingerprint density at radius 3 is 2.50 bits per heavy atom. The lowest BCUT2D eigenvalue weighted by atomic mass is 10.1. The summed E-state index contributed by atoms with van der Waals surface area (Å²) >= 11 is 2.96. The highest BCUT2D eigenvalue weighted by Gasteiger charge is 2.18. The Bertz CT molecular complexity index is 333. The van der Waals surface area contributed by atoms with Crippen molar-refractivity contribution in [1.82, 2.24) is 4.98 Å². The van der Waals surface area contributed by atoms with Crippen LogP contribution in [0.15, 0.2) is 6.20 Å². The van der Waals surface area contributed by atoms with E-state index in [4.69, 9.17) is 5.11 Å². The Morgan fingerprint density at radius 2 is 2.07 bits per heavy atom. The number of pyridine rings is 1. The zero-order valence-electron chi connectivity index (χ0n) is 6.98. The van der Waals surface area contributed by atoms with Gasteiger partial charge in [-0.1, -0.05) is 15.9 Å². The monoisotopic (exact) mass is 269 g/mol. The molecule has 14 heavy (non-hydrogen) atoms. The number of hydrogen-bond donors (Lipinski definition) is 1. The Labute approximate surface area is 86.9 Å². The third-order valence-corrected chi connectivity index (χ3v) is 2.37. The number of aliphatic hydroxyl groups excluding tert-OH is 1. The minimum atomic E-state index is -2.72. The molecule has 1 aromatic rings. The maximum atomic E-state index is 12.9. The average Bonchev–Trinajstić information content (AvgIpc) is 2.16. The maximum Gasteiger partial charge on any atom is 0.265 e. The zero-order chi connectivity index (χ0) is 10.7.